The molecule has 0 saturated carbocycles. The SMILES string of the molecule is Fc1cc2c(-c3ccc4c(-c5nccs5)cccc4n3)c[nH]c2c(F)c1F. The van der Waals surface area contributed by atoms with Gasteiger partial charge in [-0.2, -0.15) is 0 Å². The maximum absolute atomic E-state index is 14.0. The summed E-state index contributed by atoms with van der Waals surface area (Å²) in [5.41, 5.74) is 2.67. The summed E-state index contributed by atoms with van der Waals surface area (Å²) in [6.07, 6.45) is 3.25. The molecule has 0 fully saturated rings. The van der Waals surface area contributed by atoms with Crippen molar-refractivity contribution in [2.24, 2.45) is 0 Å². The number of pyridine rings is 1. The summed E-state index contributed by atoms with van der Waals surface area (Å²) in [6, 6.07) is 10.4. The second-order valence-corrected chi connectivity index (χ2v) is 6.91. The molecule has 7 heteroatoms. The van der Waals surface area contributed by atoms with Gasteiger partial charge in [0.05, 0.1) is 16.7 Å². The number of benzene rings is 2. The summed E-state index contributed by atoms with van der Waals surface area (Å²) in [7, 11) is 0. The molecule has 0 spiro atoms. The van der Waals surface area contributed by atoms with Crippen molar-refractivity contribution in [3.8, 4) is 21.8 Å². The van der Waals surface area contributed by atoms with Crippen LogP contribution in [0.5, 0.6) is 0 Å². The molecule has 5 rings (SSSR count). The van der Waals surface area contributed by atoms with E-state index in [1.165, 1.54) is 17.5 Å². The van der Waals surface area contributed by atoms with Gasteiger partial charge in [-0.3, -0.25) is 0 Å². The smallest absolute Gasteiger partial charge is 0.196 e. The van der Waals surface area contributed by atoms with Gasteiger partial charge in [0.1, 0.15) is 5.01 Å². The summed E-state index contributed by atoms with van der Waals surface area (Å²) in [5, 5.41) is 3.97. The molecule has 27 heavy (non-hydrogen) atoms. The fourth-order valence-corrected chi connectivity index (χ4v) is 3.91. The third-order valence-electron chi connectivity index (χ3n) is 4.48. The average molecular weight is 381 g/mol. The fraction of sp³-hybridized carbons (Fsp3) is 0. The molecular formula is C20H10F3N3S. The van der Waals surface area contributed by atoms with Crippen LogP contribution in [0.2, 0.25) is 0 Å². The Morgan fingerprint density at radius 2 is 1.81 bits per heavy atom. The number of fused-ring (bicyclic) bond motifs is 2. The fourth-order valence-electron chi connectivity index (χ4n) is 3.23. The molecule has 0 aliphatic carbocycles. The first-order valence-corrected chi connectivity index (χ1v) is 8.96. The van der Waals surface area contributed by atoms with Crippen LogP contribution < -0.4 is 0 Å². The van der Waals surface area contributed by atoms with E-state index in [4.69, 9.17) is 0 Å². The van der Waals surface area contributed by atoms with Crippen LogP contribution in [-0.4, -0.2) is 15.0 Å². The van der Waals surface area contributed by atoms with Crippen LogP contribution in [0.3, 0.4) is 0 Å². The summed E-state index contributed by atoms with van der Waals surface area (Å²) in [5.74, 6) is -3.95. The zero-order valence-electron chi connectivity index (χ0n) is 13.6. The van der Waals surface area contributed by atoms with Crippen molar-refractivity contribution in [3.63, 3.8) is 0 Å². The number of nitrogens with one attached hydrogen (secondary N) is 1. The minimum Gasteiger partial charge on any atom is -0.358 e. The monoisotopic (exact) mass is 381 g/mol. The van der Waals surface area contributed by atoms with Crippen molar-refractivity contribution in [2.45, 2.75) is 0 Å². The van der Waals surface area contributed by atoms with Crippen molar-refractivity contribution in [2.75, 3.05) is 0 Å². The lowest BCUT2D eigenvalue weighted by molar-refractivity contribution is 0.453. The number of hydrogen-bond donors (Lipinski definition) is 1. The van der Waals surface area contributed by atoms with Crippen molar-refractivity contribution in [3.05, 3.63) is 71.6 Å². The van der Waals surface area contributed by atoms with Crippen molar-refractivity contribution < 1.29 is 13.2 Å². The van der Waals surface area contributed by atoms with Gasteiger partial charge in [-0.15, -0.1) is 11.3 Å². The summed E-state index contributed by atoms with van der Waals surface area (Å²) in [6.45, 7) is 0. The predicted molar refractivity (Wildman–Crippen MR) is 100 cm³/mol. The number of aromatic amines is 1. The van der Waals surface area contributed by atoms with E-state index in [9.17, 15) is 13.2 Å². The van der Waals surface area contributed by atoms with Crippen LogP contribution in [0.25, 0.3) is 43.6 Å². The highest BCUT2D eigenvalue weighted by Crippen LogP contribution is 2.34. The Hall–Kier alpha value is -3.19. The Bertz CT molecular complexity index is 1310. The Kier molecular flexibility index (Phi) is 3.51. The largest absolute Gasteiger partial charge is 0.358 e. The van der Waals surface area contributed by atoms with E-state index in [1.807, 2.05) is 29.6 Å². The van der Waals surface area contributed by atoms with Gasteiger partial charge in [0.15, 0.2) is 17.5 Å². The highest BCUT2D eigenvalue weighted by atomic mass is 32.1. The van der Waals surface area contributed by atoms with E-state index < -0.39 is 17.5 Å². The molecule has 0 amide bonds. The number of aromatic nitrogens is 3. The zero-order valence-corrected chi connectivity index (χ0v) is 14.4. The van der Waals surface area contributed by atoms with Crippen molar-refractivity contribution >= 4 is 33.1 Å². The van der Waals surface area contributed by atoms with E-state index in [1.54, 1.807) is 12.3 Å². The molecule has 2 aromatic carbocycles. The summed E-state index contributed by atoms with van der Waals surface area (Å²) in [4.78, 5) is 11.7. The van der Waals surface area contributed by atoms with Crippen LogP contribution in [0.4, 0.5) is 13.2 Å². The lowest BCUT2D eigenvalue weighted by Gasteiger charge is -2.06. The number of halogens is 3. The van der Waals surface area contributed by atoms with E-state index >= 15 is 0 Å². The molecule has 1 N–H and O–H groups in total. The molecule has 0 radical (unpaired) electrons. The maximum atomic E-state index is 14.0. The molecule has 132 valence electrons. The molecule has 0 unspecified atom stereocenters. The maximum Gasteiger partial charge on any atom is 0.196 e. The van der Waals surface area contributed by atoms with Crippen LogP contribution in [0.15, 0.2) is 54.2 Å². The van der Waals surface area contributed by atoms with Crippen LogP contribution in [0.1, 0.15) is 0 Å². The average Bonchev–Trinajstić information content (AvgIpc) is 3.35. The number of H-pyrrole nitrogens is 1. The topological polar surface area (TPSA) is 41.6 Å². The highest BCUT2D eigenvalue weighted by Gasteiger charge is 2.18. The molecule has 3 heterocycles. The molecule has 0 aliphatic heterocycles. The van der Waals surface area contributed by atoms with Gasteiger partial charge < -0.3 is 4.98 Å². The predicted octanol–water partition coefficient (Wildman–Crippen LogP) is 5.92. The number of thiazole rings is 1. The van der Waals surface area contributed by atoms with E-state index in [0.717, 1.165) is 27.5 Å². The standard InChI is InChI=1S/C20H10F3N3S/c21-14-8-12-13(9-25-19(12)18(23)17(14)22)16-5-4-10-11(20-24-6-7-27-20)2-1-3-15(10)26-16/h1-9,25H. The first-order chi connectivity index (χ1) is 13.1. The van der Waals surface area contributed by atoms with Gasteiger partial charge in [-0.05, 0) is 24.3 Å². The molecule has 0 bridgehead atoms. The second-order valence-electron chi connectivity index (χ2n) is 6.02. The number of nitrogens with zero attached hydrogens (tertiary/aromatic N) is 2. The summed E-state index contributed by atoms with van der Waals surface area (Å²) >= 11 is 1.54. The van der Waals surface area contributed by atoms with Gasteiger partial charge in [0.2, 0.25) is 0 Å². The van der Waals surface area contributed by atoms with E-state index in [0.29, 0.717) is 11.3 Å². The van der Waals surface area contributed by atoms with E-state index in [-0.39, 0.29) is 10.9 Å². The first-order valence-electron chi connectivity index (χ1n) is 8.08. The van der Waals surface area contributed by atoms with Crippen molar-refractivity contribution in [1.82, 2.24) is 15.0 Å². The molecule has 3 nitrogen and oxygen atoms in total. The summed E-state index contributed by atoms with van der Waals surface area (Å²) < 4.78 is 41.1. The van der Waals surface area contributed by atoms with Gasteiger partial charge in [-0.1, -0.05) is 12.1 Å². The Morgan fingerprint density at radius 3 is 2.63 bits per heavy atom. The molecule has 0 aliphatic rings. The first kappa shape index (κ1) is 16.0. The number of hydrogen-bond acceptors (Lipinski definition) is 3. The zero-order chi connectivity index (χ0) is 18.5. The Balaban J connectivity index is 1.72. The Morgan fingerprint density at radius 1 is 0.926 bits per heavy atom. The lowest BCUT2D eigenvalue weighted by Crippen LogP contribution is -1.92. The molecule has 0 saturated heterocycles. The number of rotatable bonds is 2. The van der Waals surface area contributed by atoms with Gasteiger partial charge >= 0.3 is 0 Å². The minimum atomic E-state index is -1.49. The Labute approximate surface area is 155 Å². The molecular weight excluding hydrogens is 371 g/mol. The highest BCUT2D eigenvalue weighted by molar-refractivity contribution is 7.13. The second kappa shape index (κ2) is 5.92. The van der Waals surface area contributed by atoms with Gasteiger partial charge in [0, 0.05) is 39.7 Å². The molecule has 3 aromatic heterocycles. The quantitative estimate of drug-likeness (QED) is 0.386. The molecule has 0 atom stereocenters. The molecule has 5 aromatic rings. The van der Waals surface area contributed by atoms with Gasteiger partial charge in [-0.25, -0.2) is 23.1 Å². The third kappa shape index (κ3) is 2.43. The normalized spacial score (nSPS) is 11.5. The van der Waals surface area contributed by atoms with E-state index in [2.05, 4.69) is 15.0 Å². The van der Waals surface area contributed by atoms with Crippen molar-refractivity contribution in [1.29, 1.82) is 0 Å². The van der Waals surface area contributed by atoms with Gasteiger partial charge in [0.25, 0.3) is 0 Å². The lowest BCUT2D eigenvalue weighted by atomic mass is 10.1. The van der Waals surface area contributed by atoms with Crippen LogP contribution >= 0.6 is 11.3 Å². The van der Waals surface area contributed by atoms with Crippen LogP contribution in [-0.2, 0) is 0 Å². The minimum absolute atomic E-state index is 0.0812. The van der Waals surface area contributed by atoms with Crippen LogP contribution in [0, 0.1) is 17.5 Å². The third-order valence-corrected chi connectivity index (χ3v) is 5.29.